The van der Waals surface area contributed by atoms with Gasteiger partial charge in [0, 0.05) is 13.1 Å². The Kier molecular flexibility index (Phi) is 9.16. The second kappa shape index (κ2) is 13.2. The van der Waals surface area contributed by atoms with Gasteiger partial charge in [0.05, 0.1) is 49.4 Å². The molecule has 0 aliphatic carbocycles. The minimum atomic E-state index is -1.11. The fourth-order valence-corrected chi connectivity index (χ4v) is 4.83. The first-order valence-corrected chi connectivity index (χ1v) is 14.1. The third-order valence-electron chi connectivity index (χ3n) is 7.12. The van der Waals surface area contributed by atoms with Crippen molar-refractivity contribution in [1.82, 2.24) is 19.6 Å². The summed E-state index contributed by atoms with van der Waals surface area (Å²) in [5, 5.41) is 3.03. The minimum absolute atomic E-state index is 0.0330. The van der Waals surface area contributed by atoms with Crippen LogP contribution in [0.25, 0.3) is 16.6 Å². The van der Waals surface area contributed by atoms with E-state index in [1.54, 1.807) is 24.9 Å². The van der Waals surface area contributed by atoms with Crippen molar-refractivity contribution < 1.29 is 23.8 Å². The Morgan fingerprint density at radius 2 is 1.74 bits per heavy atom. The molecule has 10 heteroatoms. The number of carbonyl (C=O) groups is 2. The molecule has 10 nitrogen and oxygen atoms in total. The number of pyridine rings is 1. The summed E-state index contributed by atoms with van der Waals surface area (Å²) in [7, 11) is 0. The lowest BCUT2D eigenvalue weighted by atomic mass is 10.0. The molecule has 0 saturated carbocycles. The topological polar surface area (TPSA) is 120 Å². The van der Waals surface area contributed by atoms with Crippen LogP contribution >= 0.6 is 0 Å². The van der Waals surface area contributed by atoms with Gasteiger partial charge in [0.2, 0.25) is 5.91 Å². The van der Waals surface area contributed by atoms with E-state index in [1.807, 2.05) is 59.0 Å². The number of nitrogens with zero attached hydrogens (tertiary/aromatic N) is 3. The van der Waals surface area contributed by atoms with Crippen LogP contribution in [0.3, 0.4) is 0 Å². The highest BCUT2D eigenvalue weighted by Gasteiger charge is 2.28. The summed E-state index contributed by atoms with van der Waals surface area (Å²) in [5.41, 5.74) is 9.73. The van der Waals surface area contributed by atoms with Crippen LogP contribution in [-0.4, -0.2) is 64.7 Å². The van der Waals surface area contributed by atoms with Gasteiger partial charge in [-0.25, -0.2) is 9.78 Å². The summed E-state index contributed by atoms with van der Waals surface area (Å²) in [5.74, 6) is 0.214. The largest absolute Gasteiger partial charge is 0.443 e. The molecule has 3 heterocycles. The van der Waals surface area contributed by atoms with E-state index in [4.69, 9.17) is 19.9 Å². The Morgan fingerprint density at radius 1 is 1.00 bits per heavy atom. The van der Waals surface area contributed by atoms with Crippen LogP contribution in [0, 0.1) is 0 Å². The number of nitrogens with two attached hydrogens (primary N) is 1. The van der Waals surface area contributed by atoms with Crippen molar-refractivity contribution in [2.45, 2.75) is 38.6 Å². The highest BCUT2D eigenvalue weighted by atomic mass is 16.6. The molecule has 1 atom stereocenters. The molecule has 2 aromatic heterocycles. The molecule has 0 bridgehead atoms. The first-order chi connectivity index (χ1) is 20.3. The number of hydrogen-bond acceptors (Lipinski definition) is 7. The average molecular weight is 572 g/mol. The summed E-state index contributed by atoms with van der Waals surface area (Å²) < 4.78 is 19.1. The van der Waals surface area contributed by atoms with Crippen molar-refractivity contribution in [1.29, 1.82) is 0 Å². The Balaban J connectivity index is 1.37. The van der Waals surface area contributed by atoms with E-state index in [1.165, 1.54) is 0 Å². The van der Waals surface area contributed by atoms with Gasteiger partial charge in [0.1, 0.15) is 18.5 Å². The van der Waals surface area contributed by atoms with Crippen molar-refractivity contribution in [3.8, 4) is 11.1 Å². The Labute approximate surface area is 245 Å². The zero-order valence-corrected chi connectivity index (χ0v) is 24.0. The van der Waals surface area contributed by atoms with Gasteiger partial charge in [-0.1, -0.05) is 60.7 Å². The van der Waals surface area contributed by atoms with E-state index < -0.39 is 17.7 Å². The number of imidazole rings is 1. The van der Waals surface area contributed by atoms with Crippen LogP contribution in [0.4, 0.5) is 4.79 Å². The molecule has 0 radical (unpaired) electrons. The summed E-state index contributed by atoms with van der Waals surface area (Å²) in [6.45, 7) is 5.78. The standard InChI is InChI=1S/C32H37N5O5/c1-32(2,33)30(38)35-28(22-41-20-24-11-6-7-14-27(24)23-9-4-3-5-10-23)29-34-19-25-12-8-13-26(37(25)29)21-42-31(39)36-15-17-40-18-16-36/h3-14,19,28H,15-18,20-22,33H2,1-2H3,(H,35,38)/t28-/m1/s1. The molecule has 3 N–H and O–H groups in total. The van der Waals surface area contributed by atoms with E-state index in [2.05, 4.69) is 28.5 Å². The number of amides is 2. The summed E-state index contributed by atoms with van der Waals surface area (Å²) in [6, 6.07) is 23.2. The number of ether oxygens (including phenoxy) is 3. The van der Waals surface area contributed by atoms with Gasteiger partial charge in [0.15, 0.2) is 0 Å². The highest BCUT2D eigenvalue weighted by molar-refractivity contribution is 5.85. The number of aromatic nitrogens is 2. The molecule has 1 aliphatic heterocycles. The number of fused-ring (bicyclic) bond motifs is 1. The number of benzene rings is 2. The van der Waals surface area contributed by atoms with Gasteiger partial charge in [-0.15, -0.1) is 0 Å². The summed E-state index contributed by atoms with van der Waals surface area (Å²) in [6.07, 6.45) is 1.33. The lowest BCUT2D eigenvalue weighted by Gasteiger charge is -2.26. The third kappa shape index (κ3) is 6.96. The highest BCUT2D eigenvalue weighted by Crippen LogP contribution is 2.25. The molecule has 1 saturated heterocycles. The SMILES string of the molecule is CC(C)(N)C(=O)N[C@H](COCc1ccccc1-c1ccccc1)c1ncc2cccc(COC(=O)N3CCOCC3)n12. The van der Waals surface area contributed by atoms with Crippen molar-refractivity contribution in [3.05, 3.63) is 96.1 Å². The Morgan fingerprint density at radius 3 is 2.50 bits per heavy atom. The molecule has 1 fully saturated rings. The number of rotatable bonds is 10. The fraction of sp³-hybridized carbons (Fsp3) is 0.344. The van der Waals surface area contributed by atoms with Crippen molar-refractivity contribution in [2.75, 3.05) is 32.9 Å². The maximum absolute atomic E-state index is 13.0. The van der Waals surface area contributed by atoms with Gasteiger partial charge in [-0.2, -0.15) is 0 Å². The molecule has 5 rings (SSSR count). The van der Waals surface area contributed by atoms with Gasteiger partial charge >= 0.3 is 6.09 Å². The minimum Gasteiger partial charge on any atom is -0.443 e. The molecule has 0 spiro atoms. The number of carbonyl (C=O) groups excluding carboxylic acids is 2. The molecular formula is C32H37N5O5. The van der Waals surface area contributed by atoms with Gasteiger partial charge in [-0.3, -0.25) is 9.20 Å². The quantitative estimate of drug-likeness (QED) is 0.294. The van der Waals surface area contributed by atoms with Crippen molar-refractivity contribution in [3.63, 3.8) is 0 Å². The zero-order valence-electron chi connectivity index (χ0n) is 24.0. The summed E-state index contributed by atoms with van der Waals surface area (Å²) in [4.78, 5) is 32.0. The molecule has 220 valence electrons. The molecular weight excluding hydrogens is 534 g/mol. The Hall–Kier alpha value is -4.25. The predicted molar refractivity (Wildman–Crippen MR) is 158 cm³/mol. The second-order valence-corrected chi connectivity index (χ2v) is 10.8. The fourth-order valence-electron chi connectivity index (χ4n) is 4.83. The van der Waals surface area contributed by atoms with Gasteiger partial charge in [0.25, 0.3) is 0 Å². The van der Waals surface area contributed by atoms with E-state index >= 15 is 0 Å². The van der Waals surface area contributed by atoms with Gasteiger partial charge < -0.3 is 30.2 Å². The van der Waals surface area contributed by atoms with E-state index in [9.17, 15) is 9.59 Å². The average Bonchev–Trinajstić information content (AvgIpc) is 3.45. The van der Waals surface area contributed by atoms with E-state index in [0.717, 1.165) is 22.2 Å². The first kappa shape index (κ1) is 29.2. The lowest BCUT2D eigenvalue weighted by Crippen LogP contribution is -2.51. The molecule has 2 amide bonds. The third-order valence-corrected chi connectivity index (χ3v) is 7.12. The zero-order chi connectivity index (χ0) is 29.5. The van der Waals surface area contributed by atoms with E-state index in [0.29, 0.717) is 44.4 Å². The van der Waals surface area contributed by atoms with Crippen LogP contribution in [0.5, 0.6) is 0 Å². The van der Waals surface area contributed by atoms with Crippen LogP contribution in [0.2, 0.25) is 0 Å². The lowest BCUT2D eigenvalue weighted by molar-refractivity contribution is -0.126. The van der Waals surface area contributed by atoms with Crippen LogP contribution in [-0.2, 0) is 32.2 Å². The second-order valence-electron chi connectivity index (χ2n) is 10.8. The molecule has 4 aromatic rings. The normalized spacial score (nSPS) is 14.5. The van der Waals surface area contributed by atoms with E-state index in [-0.39, 0.29) is 19.1 Å². The van der Waals surface area contributed by atoms with Crippen molar-refractivity contribution >= 4 is 17.5 Å². The molecule has 1 aliphatic rings. The summed E-state index contributed by atoms with van der Waals surface area (Å²) >= 11 is 0. The van der Waals surface area contributed by atoms with Crippen LogP contribution in [0.15, 0.2) is 79.0 Å². The molecule has 2 aromatic carbocycles. The van der Waals surface area contributed by atoms with Gasteiger partial charge in [-0.05, 0) is 42.7 Å². The predicted octanol–water partition coefficient (Wildman–Crippen LogP) is 4.08. The maximum atomic E-state index is 13.0. The number of nitrogens with one attached hydrogen (secondary N) is 1. The number of morpholine rings is 1. The molecule has 42 heavy (non-hydrogen) atoms. The monoisotopic (exact) mass is 571 g/mol. The van der Waals surface area contributed by atoms with Crippen LogP contribution < -0.4 is 11.1 Å². The molecule has 0 unspecified atom stereocenters. The number of hydrogen-bond donors (Lipinski definition) is 2. The van der Waals surface area contributed by atoms with Crippen molar-refractivity contribution in [2.24, 2.45) is 5.73 Å². The Bertz CT molecular complexity index is 1510. The smallest absolute Gasteiger partial charge is 0.410 e. The van der Waals surface area contributed by atoms with Crippen LogP contribution in [0.1, 0.15) is 37.0 Å². The first-order valence-electron chi connectivity index (χ1n) is 14.1. The maximum Gasteiger partial charge on any atom is 0.410 e.